The van der Waals surface area contributed by atoms with E-state index < -0.39 is 5.97 Å². The Hall–Kier alpha value is -0.570. The van der Waals surface area contributed by atoms with Gasteiger partial charge in [-0.2, -0.15) is 0 Å². The summed E-state index contributed by atoms with van der Waals surface area (Å²) in [5.74, 6) is -0.836. The molecule has 1 heterocycles. The van der Waals surface area contributed by atoms with E-state index >= 15 is 0 Å². The maximum atomic E-state index is 10.7. The Bertz CT molecular complexity index is 263. The lowest BCUT2D eigenvalue weighted by Crippen LogP contribution is -2.57. The molecule has 1 aliphatic heterocycles. The maximum absolute atomic E-state index is 10.7. The normalized spacial score (nSPS) is 25.5. The standard InChI is InChI=1S/C14H25NO2/c1-12(13(16)17)6-5-9-15-10-14(11-15)7-3-2-4-8-14/h12H,2-11H2,1H3,(H,16,17). The zero-order valence-corrected chi connectivity index (χ0v) is 11.0. The van der Waals surface area contributed by atoms with Crippen LogP contribution in [-0.2, 0) is 4.79 Å². The van der Waals surface area contributed by atoms with Crippen molar-refractivity contribution in [2.45, 2.75) is 51.9 Å². The van der Waals surface area contributed by atoms with Crippen LogP contribution in [0.5, 0.6) is 0 Å². The Kier molecular flexibility index (Phi) is 4.08. The van der Waals surface area contributed by atoms with Gasteiger partial charge in [-0.3, -0.25) is 4.79 Å². The topological polar surface area (TPSA) is 40.5 Å². The summed E-state index contributed by atoms with van der Waals surface area (Å²) in [5, 5.41) is 8.80. The Morgan fingerprint density at radius 1 is 1.29 bits per heavy atom. The zero-order chi connectivity index (χ0) is 12.3. The van der Waals surface area contributed by atoms with E-state index in [-0.39, 0.29) is 5.92 Å². The van der Waals surface area contributed by atoms with Crippen molar-refractivity contribution in [2.24, 2.45) is 11.3 Å². The molecule has 2 rings (SSSR count). The fourth-order valence-corrected chi connectivity index (χ4v) is 3.42. The van der Waals surface area contributed by atoms with Gasteiger partial charge in [-0.15, -0.1) is 0 Å². The lowest BCUT2D eigenvalue weighted by Gasteiger charge is -2.52. The summed E-state index contributed by atoms with van der Waals surface area (Å²) in [6.45, 7) is 5.45. The minimum absolute atomic E-state index is 0.181. The van der Waals surface area contributed by atoms with E-state index in [1.165, 1.54) is 45.2 Å². The molecule has 3 nitrogen and oxygen atoms in total. The van der Waals surface area contributed by atoms with Gasteiger partial charge in [0.15, 0.2) is 0 Å². The van der Waals surface area contributed by atoms with Gasteiger partial charge in [-0.05, 0) is 37.6 Å². The van der Waals surface area contributed by atoms with Crippen LogP contribution in [-0.4, -0.2) is 35.6 Å². The lowest BCUT2D eigenvalue weighted by molar-refractivity contribution is -0.141. The Morgan fingerprint density at radius 2 is 1.94 bits per heavy atom. The number of aliphatic carboxylic acids is 1. The average Bonchev–Trinajstić information content (AvgIpc) is 2.27. The van der Waals surface area contributed by atoms with Crippen molar-refractivity contribution in [3.8, 4) is 0 Å². The summed E-state index contributed by atoms with van der Waals surface area (Å²) in [7, 11) is 0. The van der Waals surface area contributed by atoms with Crippen LogP contribution in [0, 0.1) is 11.3 Å². The molecule has 1 N–H and O–H groups in total. The first-order valence-electron chi connectivity index (χ1n) is 7.06. The third-order valence-corrected chi connectivity index (χ3v) is 4.57. The predicted octanol–water partition coefficient (Wildman–Crippen LogP) is 2.75. The van der Waals surface area contributed by atoms with Crippen molar-refractivity contribution in [1.82, 2.24) is 4.90 Å². The number of carboxylic acids is 1. The first kappa shape index (κ1) is 12.9. The molecule has 2 fully saturated rings. The highest BCUT2D eigenvalue weighted by molar-refractivity contribution is 5.69. The van der Waals surface area contributed by atoms with Crippen molar-refractivity contribution in [3.05, 3.63) is 0 Å². The van der Waals surface area contributed by atoms with Crippen LogP contribution in [0.4, 0.5) is 0 Å². The number of hydrogen-bond acceptors (Lipinski definition) is 2. The molecule has 1 unspecified atom stereocenters. The largest absolute Gasteiger partial charge is 0.481 e. The van der Waals surface area contributed by atoms with Gasteiger partial charge >= 0.3 is 5.97 Å². The first-order chi connectivity index (χ1) is 8.11. The Morgan fingerprint density at radius 3 is 2.53 bits per heavy atom. The van der Waals surface area contributed by atoms with Gasteiger partial charge in [-0.1, -0.05) is 26.2 Å². The molecule has 17 heavy (non-hydrogen) atoms. The van der Waals surface area contributed by atoms with E-state index in [2.05, 4.69) is 4.90 Å². The quantitative estimate of drug-likeness (QED) is 0.802. The second kappa shape index (κ2) is 5.38. The van der Waals surface area contributed by atoms with E-state index in [9.17, 15) is 4.79 Å². The Balaban J connectivity index is 1.59. The molecular formula is C14H25NO2. The van der Waals surface area contributed by atoms with Gasteiger partial charge in [0, 0.05) is 13.1 Å². The molecule has 0 aromatic carbocycles. The van der Waals surface area contributed by atoms with E-state index in [1.54, 1.807) is 6.92 Å². The van der Waals surface area contributed by atoms with Gasteiger partial charge < -0.3 is 10.0 Å². The minimum atomic E-state index is -0.655. The van der Waals surface area contributed by atoms with E-state index in [0.717, 1.165) is 19.4 Å². The summed E-state index contributed by atoms with van der Waals surface area (Å²) in [6, 6.07) is 0. The summed E-state index contributed by atoms with van der Waals surface area (Å²) in [6.07, 6.45) is 8.97. The molecule has 0 aromatic rings. The maximum Gasteiger partial charge on any atom is 0.306 e. The first-order valence-corrected chi connectivity index (χ1v) is 7.06. The van der Waals surface area contributed by atoms with Gasteiger partial charge in [0.2, 0.25) is 0 Å². The summed E-state index contributed by atoms with van der Waals surface area (Å²) in [4.78, 5) is 13.2. The summed E-state index contributed by atoms with van der Waals surface area (Å²) >= 11 is 0. The highest BCUT2D eigenvalue weighted by Gasteiger charge is 2.42. The fourth-order valence-electron chi connectivity index (χ4n) is 3.42. The SMILES string of the molecule is CC(CCCN1CC2(CCCCC2)C1)C(=O)O. The van der Waals surface area contributed by atoms with Gasteiger partial charge in [0.1, 0.15) is 0 Å². The number of likely N-dealkylation sites (tertiary alicyclic amines) is 1. The lowest BCUT2D eigenvalue weighted by atomic mass is 9.68. The Labute approximate surface area is 104 Å². The van der Waals surface area contributed by atoms with Crippen LogP contribution in [0.15, 0.2) is 0 Å². The van der Waals surface area contributed by atoms with Gasteiger partial charge in [-0.25, -0.2) is 0 Å². The minimum Gasteiger partial charge on any atom is -0.481 e. The highest BCUT2D eigenvalue weighted by atomic mass is 16.4. The number of nitrogens with zero attached hydrogens (tertiary/aromatic N) is 1. The van der Waals surface area contributed by atoms with Crippen LogP contribution in [0.2, 0.25) is 0 Å². The number of rotatable bonds is 5. The third kappa shape index (κ3) is 3.21. The monoisotopic (exact) mass is 239 g/mol. The van der Waals surface area contributed by atoms with Crippen LogP contribution in [0.3, 0.4) is 0 Å². The fraction of sp³-hybridized carbons (Fsp3) is 0.929. The van der Waals surface area contributed by atoms with Crippen LogP contribution in [0.1, 0.15) is 51.9 Å². The molecular weight excluding hydrogens is 214 g/mol. The van der Waals surface area contributed by atoms with Gasteiger partial charge in [0.05, 0.1) is 5.92 Å². The number of carbonyl (C=O) groups is 1. The molecule has 2 aliphatic rings. The zero-order valence-electron chi connectivity index (χ0n) is 11.0. The van der Waals surface area contributed by atoms with Gasteiger partial charge in [0.25, 0.3) is 0 Å². The number of carboxylic acid groups (broad SMARTS) is 1. The van der Waals surface area contributed by atoms with Crippen LogP contribution < -0.4 is 0 Å². The molecule has 1 spiro atoms. The molecule has 0 radical (unpaired) electrons. The van der Waals surface area contributed by atoms with E-state index in [4.69, 9.17) is 5.11 Å². The van der Waals surface area contributed by atoms with Crippen molar-refractivity contribution in [3.63, 3.8) is 0 Å². The highest BCUT2D eigenvalue weighted by Crippen LogP contribution is 2.43. The van der Waals surface area contributed by atoms with Crippen molar-refractivity contribution in [1.29, 1.82) is 0 Å². The molecule has 1 saturated carbocycles. The second-order valence-electron chi connectivity index (χ2n) is 6.15. The smallest absolute Gasteiger partial charge is 0.306 e. The molecule has 0 amide bonds. The average molecular weight is 239 g/mol. The van der Waals surface area contributed by atoms with Crippen molar-refractivity contribution in [2.75, 3.05) is 19.6 Å². The summed E-state index contributed by atoms with van der Waals surface area (Å²) < 4.78 is 0. The second-order valence-corrected chi connectivity index (χ2v) is 6.15. The van der Waals surface area contributed by atoms with Crippen molar-refractivity contribution < 1.29 is 9.90 Å². The van der Waals surface area contributed by atoms with E-state index in [0.29, 0.717) is 5.41 Å². The van der Waals surface area contributed by atoms with Crippen molar-refractivity contribution >= 4 is 5.97 Å². The van der Waals surface area contributed by atoms with Crippen LogP contribution >= 0.6 is 0 Å². The molecule has 1 saturated heterocycles. The predicted molar refractivity (Wildman–Crippen MR) is 68.0 cm³/mol. The summed E-state index contributed by atoms with van der Waals surface area (Å²) in [5.41, 5.74) is 0.663. The molecule has 0 aromatic heterocycles. The molecule has 1 atom stereocenters. The molecule has 0 bridgehead atoms. The number of hydrogen-bond donors (Lipinski definition) is 1. The van der Waals surface area contributed by atoms with E-state index in [1.807, 2.05) is 0 Å². The molecule has 1 aliphatic carbocycles. The third-order valence-electron chi connectivity index (χ3n) is 4.57. The van der Waals surface area contributed by atoms with Crippen LogP contribution in [0.25, 0.3) is 0 Å². The molecule has 98 valence electrons. The molecule has 3 heteroatoms.